The first kappa shape index (κ1) is 24.7. The minimum atomic E-state index is -0.433. The maximum Gasteiger partial charge on any atom is 0.289 e. The predicted molar refractivity (Wildman–Crippen MR) is 140 cm³/mol. The van der Waals surface area contributed by atoms with E-state index >= 15 is 0 Å². The number of para-hydroxylation sites is 2. The molecule has 0 saturated heterocycles. The molecule has 0 fully saturated rings. The van der Waals surface area contributed by atoms with E-state index in [1.54, 1.807) is 58.2 Å². The largest absolute Gasteiger partial charge is 0.454 e. The minimum Gasteiger partial charge on any atom is -0.454 e. The van der Waals surface area contributed by atoms with Gasteiger partial charge in [0.05, 0.1) is 26.8 Å². The summed E-state index contributed by atoms with van der Waals surface area (Å²) < 4.78 is 8.03. The summed E-state index contributed by atoms with van der Waals surface area (Å²) in [7, 11) is 1.54. The number of hydrogen-bond donors (Lipinski definition) is 1. The molecule has 5 rings (SSSR count). The number of anilines is 2. The van der Waals surface area contributed by atoms with Crippen LogP contribution in [0.5, 0.6) is 0 Å². The monoisotopic (exact) mass is 538 g/mol. The molecule has 190 valence electrons. The molecule has 1 aliphatic rings. The van der Waals surface area contributed by atoms with E-state index in [0.717, 1.165) is 4.88 Å². The lowest BCUT2D eigenvalue weighted by molar-refractivity contribution is -0.119. The van der Waals surface area contributed by atoms with Crippen LogP contribution in [0.25, 0.3) is 10.6 Å². The van der Waals surface area contributed by atoms with E-state index in [9.17, 15) is 14.4 Å². The summed E-state index contributed by atoms with van der Waals surface area (Å²) in [6, 6.07) is 13.7. The highest BCUT2D eigenvalue weighted by atomic mass is 35.5. The number of nitrogens with one attached hydrogen (secondary N) is 1. The van der Waals surface area contributed by atoms with Crippen LogP contribution < -0.4 is 10.2 Å². The molecule has 1 aliphatic heterocycles. The Morgan fingerprint density at radius 2 is 2.03 bits per heavy atom. The highest BCUT2D eigenvalue weighted by Crippen LogP contribution is 2.32. The highest BCUT2D eigenvalue weighted by molar-refractivity contribution is 7.19. The van der Waals surface area contributed by atoms with Crippen LogP contribution in [0.1, 0.15) is 29.7 Å². The number of furan rings is 1. The summed E-state index contributed by atoms with van der Waals surface area (Å²) in [5, 5.41) is 11.1. The van der Waals surface area contributed by atoms with Crippen LogP contribution in [0.4, 0.5) is 11.4 Å². The van der Waals surface area contributed by atoms with E-state index < -0.39 is 5.91 Å². The van der Waals surface area contributed by atoms with Gasteiger partial charge in [0, 0.05) is 19.5 Å². The second kappa shape index (κ2) is 10.2. The fraction of sp³-hybridized carbons (Fsp3) is 0.240. The molecule has 1 unspecified atom stereocenters. The zero-order valence-electron chi connectivity index (χ0n) is 20.1. The molecule has 3 amide bonds. The minimum absolute atomic E-state index is 0.108. The van der Waals surface area contributed by atoms with Crippen molar-refractivity contribution in [2.24, 2.45) is 0 Å². The number of halogens is 1. The van der Waals surface area contributed by atoms with Crippen molar-refractivity contribution in [1.29, 1.82) is 0 Å². The SMILES string of the molecule is CC1CC(=O)Nc2ccccc2N1C(=O)CN(C)C(=O)c1ccc(Cn2cc(-c3ccc(Cl)s3)nn2)o1. The average molecular weight is 539 g/mol. The Balaban J connectivity index is 1.25. The van der Waals surface area contributed by atoms with Crippen molar-refractivity contribution in [3.63, 3.8) is 0 Å². The molecule has 0 spiro atoms. The van der Waals surface area contributed by atoms with Gasteiger partial charge in [0.15, 0.2) is 5.76 Å². The first-order chi connectivity index (χ1) is 17.8. The summed E-state index contributed by atoms with van der Waals surface area (Å²) in [5.41, 5.74) is 1.86. The Hall–Kier alpha value is -3.96. The Labute approximate surface area is 221 Å². The molecule has 0 saturated carbocycles. The van der Waals surface area contributed by atoms with E-state index in [4.69, 9.17) is 16.0 Å². The molecule has 1 atom stereocenters. The summed E-state index contributed by atoms with van der Waals surface area (Å²) in [6.07, 6.45) is 1.93. The molecule has 4 aromatic rings. The van der Waals surface area contributed by atoms with Crippen LogP contribution >= 0.6 is 22.9 Å². The standard InChI is InChI=1S/C25H23ClN6O4S/c1-15-11-23(33)27-17-5-3-4-6-19(17)32(15)24(34)14-30(2)25(35)20-8-7-16(36-20)12-31-13-18(28-29-31)21-9-10-22(26)37-21/h3-10,13,15H,11-12,14H2,1-2H3,(H,27,33). The van der Waals surface area contributed by atoms with E-state index in [2.05, 4.69) is 15.6 Å². The highest BCUT2D eigenvalue weighted by Gasteiger charge is 2.31. The van der Waals surface area contributed by atoms with E-state index in [-0.39, 0.29) is 43.1 Å². The van der Waals surface area contributed by atoms with Crippen molar-refractivity contribution in [1.82, 2.24) is 19.9 Å². The number of benzene rings is 1. The number of carbonyl (C=O) groups excluding carboxylic acids is 3. The van der Waals surface area contributed by atoms with Gasteiger partial charge in [0.1, 0.15) is 24.5 Å². The number of thiophene rings is 1. The number of aromatic nitrogens is 3. The van der Waals surface area contributed by atoms with Gasteiger partial charge in [-0.1, -0.05) is 28.9 Å². The zero-order valence-corrected chi connectivity index (χ0v) is 21.6. The molecule has 12 heteroatoms. The van der Waals surface area contributed by atoms with Crippen molar-refractivity contribution in [3.8, 4) is 10.6 Å². The Kier molecular flexibility index (Phi) is 6.81. The van der Waals surface area contributed by atoms with Crippen LogP contribution in [0, 0.1) is 0 Å². The van der Waals surface area contributed by atoms with Gasteiger partial charge in [-0.25, -0.2) is 4.68 Å². The van der Waals surface area contributed by atoms with Crippen LogP contribution in [0.3, 0.4) is 0 Å². The Morgan fingerprint density at radius 1 is 1.22 bits per heavy atom. The molecule has 1 aromatic carbocycles. The maximum atomic E-state index is 13.3. The second-order valence-electron chi connectivity index (χ2n) is 8.71. The molecule has 0 aliphatic carbocycles. The van der Waals surface area contributed by atoms with Crippen molar-refractivity contribution in [3.05, 3.63) is 70.6 Å². The summed E-state index contributed by atoms with van der Waals surface area (Å²) >= 11 is 7.40. The van der Waals surface area contributed by atoms with Crippen LogP contribution in [-0.4, -0.2) is 57.2 Å². The van der Waals surface area contributed by atoms with Gasteiger partial charge in [-0.05, 0) is 43.3 Å². The molecule has 10 nitrogen and oxygen atoms in total. The van der Waals surface area contributed by atoms with Gasteiger partial charge in [0.25, 0.3) is 5.91 Å². The molecule has 0 radical (unpaired) electrons. The number of likely N-dealkylation sites (N-methyl/N-ethyl adjacent to an activating group) is 1. The molecule has 4 heterocycles. The Morgan fingerprint density at radius 3 is 2.81 bits per heavy atom. The van der Waals surface area contributed by atoms with E-state index in [0.29, 0.717) is 27.2 Å². The topological polar surface area (TPSA) is 114 Å². The van der Waals surface area contributed by atoms with E-state index in [1.807, 2.05) is 13.0 Å². The molecular weight excluding hydrogens is 516 g/mol. The lowest BCUT2D eigenvalue weighted by Gasteiger charge is -2.29. The zero-order chi connectivity index (χ0) is 26.1. The Bertz CT molecular complexity index is 1480. The molecule has 1 N–H and O–H groups in total. The molecular formula is C25H23ClN6O4S. The fourth-order valence-corrected chi connectivity index (χ4v) is 5.18. The van der Waals surface area contributed by atoms with Crippen LogP contribution in [-0.2, 0) is 16.1 Å². The smallest absolute Gasteiger partial charge is 0.289 e. The number of rotatable bonds is 6. The second-order valence-corrected chi connectivity index (χ2v) is 10.4. The number of fused-ring (bicyclic) bond motifs is 1. The number of nitrogens with zero attached hydrogens (tertiary/aromatic N) is 5. The van der Waals surface area contributed by atoms with Crippen LogP contribution in [0.2, 0.25) is 4.34 Å². The first-order valence-electron chi connectivity index (χ1n) is 11.5. The fourth-order valence-electron chi connectivity index (χ4n) is 4.18. The summed E-state index contributed by atoms with van der Waals surface area (Å²) in [6.45, 7) is 1.91. The van der Waals surface area contributed by atoms with Gasteiger partial charge in [0.2, 0.25) is 11.8 Å². The van der Waals surface area contributed by atoms with Gasteiger partial charge in [-0.3, -0.25) is 14.4 Å². The third-order valence-electron chi connectivity index (χ3n) is 5.90. The van der Waals surface area contributed by atoms with Crippen molar-refractivity contribution in [2.75, 3.05) is 23.8 Å². The quantitative estimate of drug-likeness (QED) is 0.395. The maximum absolute atomic E-state index is 13.3. The van der Waals surface area contributed by atoms with Crippen molar-refractivity contribution >= 4 is 52.0 Å². The molecule has 3 aromatic heterocycles. The van der Waals surface area contributed by atoms with Gasteiger partial charge in [-0.2, -0.15) is 0 Å². The van der Waals surface area contributed by atoms with E-state index in [1.165, 1.54) is 23.3 Å². The van der Waals surface area contributed by atoms with Gasteiger partial charge in [-0.15, -0.1) is 16.4 Å². The van der Waals surface area contributed by atoms with Crippen molar-refractivity contribution < 1.29 is 18.8 Å². The third-order valence-corrected chi connectivity index (χ3v) is 7.16. The normalized spacial score (nSPS) is 15.2. The predicted octanol–water partition coefficient (Wildman–Crippen LogP) is 4.14. The third kappa shape index (κ3) is 5.27. The van der Waals surface area contributed by atoms with Crippen LogP contribution in [0.15, 0.2) is 59.1 Å². The molecule has 0 bridgehead atoms. The lowest BCUT2D eigenvalue weighted by Crippen LogP contribution is -2.45. The summed E-state index contributed by atoms with van der Waals surface area (Å²) in [5.74, 6) is -0.276. The molecule has 37 heavy (non-hydrogen) atoms. The number of carbonyl (C=O) groups is 3. The first-order valence-corrected chi connectivity index (χ1v) is 12.7. The summed E-state index contributed by atoms with van der Waals surface area (Å²) in [4.78, 5) is 42.3. The van der Waals surface area contributed by atoms with Gasteiger partial charge < -0.3 is 19.5 Å². The lowest BCUT2D eigenvalue weighted by atomic mass is 10.1. The van der Waals surface area contributed by atoms with Gasteiger partial charge >= 0.3 is 0 Å². The number of amides is 3. The average Bonchev–Trinajstić information content (AvgIpc) is 3.60. The van der Waals surface area contributed by atoms with Crippen molar-refractivity contribution in [2.45, 2.75) is 25.9 Å². The number of hydrogen-bond acceptors (Lipinski definition) is 7.